The maximum Gasteiger partial charge on any atom is 0.0541 e. The summed E-state index contributed by atoms with van der Waals surface area (Å²) in [7, 11) is 0. The number of hydrogen-bond donors (Lipinski definition) is 0. The van der Waals surface area contributed by atoms with Crippen molar-refractivity contribution in [3.05, 3.63) is 194 Å². The third kappa shape index (κ3) is 4.43. The molecule has 8 aromatic carbocycles. The lowest BCUT2D eigenvalue weighted by molar-refractivity contribution is 1.16. The zero-order valence-corrected chi connectivity index (χ0v) is 27.4. The molecule has 0 aliphatic carbocycles. The average Bonchev–Trinajstić information content (AvgIpc) is 3.70. The molecule has 10 aromatic rings. The zero-order chi connectivity index (χ0) is 33.0. The van der Waals surface area contributed by atoms with Gasteiger partial charge >= 0.3 is 0 Å². The lowest BCUT2D eigenvalue weighted by Crippen LogP contribution is -2.01. The van der Waals surface area contributed by atoms with Gasteiger partial charge in [-0.25, -0.2) is 0 Å². The van der Waals surface area contributed by atoms with E-state index in [1.807, 2.05) is 0 Å². The SMILES string of the molecule is c1ccc(-c2ccc3c(c2)c2ccccc2n3-c2ccccc2-c2ccccc2-n2c3ccccc3c3cc(-c4ccccc4)ccc32)cc1. The minimum absolute atomic E-state index is 1.16. The molecule has 0 unspecified atom stereocenters. The predicted octanol–water partition coefficient (Wildman–Crippen LogP) is 12.9. The van der Waals surface area contributed by atoms with Crippen LogP contribution in [0.5, 0.6) is 0 Å². The van der Waals surface area contributed by atoms with Gasteiger partial charge in [0.15, 0.2) is 0 Å². The number of benzene rings is 8. The van der Waals surface area contributed by atoms with Crippen molar-refractivity contribution in [2.45, 2.75) is 0 Å². The average molecular weight is 637 g/mol. The molecule has 0 atom stereocenters. The number of fused-ring (bicyclic) bond motifs is 6. The lowest BCUT2D eigenvalue weighted by atomic mass is 10.0. The molecule has 2 heterocycles. The Morgan fingerprint density at radius 2 is 0.600 bits per heavy atom. The Morgan fingerprint density at radius 3 is 1.06 bits per heavy atom. The van der Waals surface area contributed by atoms with Crippen LogP contribution in [0.2, 0.25) is 0 Å². The van der Waals surface area contributed by atoms with E-state index >= 15 is 0 Å². The van der Waals surface area contributed by atoms with E-state index < -0.39 is 0 Å². The zero-order valence-electron chi connectivity index (χ0n) is 27.4. The molecular weight excluding hydrogens is 605 g/mol. The minimum atomic E-state index is 1.16. The van der Waals surface area contributed by atoms with Crippen molar-refractivity contribution in [3.8, 4) is 44.8 Å². The Labute approximate surface area is 290 Å². The molecule has 0 aliphatic heterocycles. The van der Waals surface area contributed by atoms with E-state index in [9.17, 15) is 0 Å². The lowest BCUT2D eigenvalue weighted by Gasteiger charge is -2.18. The van der Waals surface area contributed by atoms with E-state index in [2.05, 4.69) is 203 Å². The number of para-hydroxylation sites is 4. The fourth-order valence-corrected chi connectivity index (χ4v) is 7.88. The predicted molar refractivity (Wildman–Crippen MR) is 211 cm³/mol. The van der Waals surface area contributed by atoms with E-state index in [0.717, 1.165) is 11.4 Å². The van der Waals surface area contributed by atoms with E-state index in [1.165, 1.54) is 77.0 Å². The standard InChI is InChI=1S/C48H32N2/c1-3-15-33(16-4-1)35-27-29-47-41(31-35)39-21-9-13-25-45(39)49(47)43-23-11-7-19-37(43)38-20-8-12-24-44(38)50-46-26-14-10-22-40(46)42-32-36(28-30-48(42)50)34-17-5-2-6-18-34/h1-32H. The normalized spacial score (nSPS) is 11.6. The van der Waals surface area contributed by atoms with Crippen LogP contribution in [0, 0.1) is 0 Å². The van der Waals surface area contributed by atoms with Crippen LogP contribution in [0.4, 0.5) is 0 Å². The molecule has 2 heteroatoms. The van der Waals surface area contributed by atoms with Gasteiger partial charge in [0.1, 0.15) is 0 Å². The molecule has 0 bridgehead atoms. The Kier molecular flexibility index (Phi) is 6.53. The Hall–Kier alpha value is -6.64. The number of aromatic nitrogens is 2. The maximum atomic E-state index is 2.45. The highest BCUT2D eigenvalue weighted by Crippen LogP contribution is 2.42. The molecule has 10 rings (SSSR count). The van der Waals surface area contributed by atoms with Crippen molar-refractivity contribution < 1.29 is 0 Å². The Morgan fingerprint density at radius 1 is 0.240 bits per heavy atom. The Bertz CT molecular complexity index is 2660. The maximum absolute atomic E-state index is 2.45. The second-order valence-corrected chi connectivity index (χ2v) is 12.9. The van der Waals surface area contributed by atoms with E-state index in [0.29, 0.717) is 0 Å². The van der Waals surface area contributed by atoms with Crippen molar-refractivity contribution >= 4 is 43.6 Å². The molecule has 0 radical (unpaired) electrons. The molecule has 2 nitrogen and oxygen atoms in total. The molecule has 0 fully saturated rings. The van der Waals surface area contributed by atoms with Crippen molar-refractivity contribution in [3.63, 3.8) is 0 Å². The largest absolute Gasteiger partial charge is 0.309 e. The van der Waals surface area contributed by atoms with Gasteiger partial charge < -0.3 is 9.13 Å². The van der Waals surface area contributed by atoms with Crippen molar-refractivity contribution in [1.82, 2.24) is 9.13 Å². The second-order valence-electron chi connectivity index (χ2n) is 12.9. The van der Waals surface area contributed by atoms with Gasteiger partial charge in [-0.15, -0.1) is 0 Å². The summed E-state index contributed by atoms with van der Waals surface area (Å²) in [5.74, 6) is 0. The Balaban J connectivity index is 1.21. The third-order valence-electron chi connectivity index (χ3n) is 10.1. The fourth-order valence-electron chi connectivity index (χ4n) is 7.88. The molecule has 0 spiro atoms. The summed E-state index contributed by atoms with van der Waals surface area (Å²) < 4.78 is 4.90. The summed E-state index contributed by atoms with van der Waals surface area (Å²) in [4.78, 5) is 0. The number of hydrogen-bond acceptors (Lipinski definition) is 0. The molecule has 0 saturated carbocycles. The van der Waals surface area contributed by atoms with Crippen molar-refractivity contribution in [1.29, 1.82) is 0 Å². The van der Waals surface area contributed by atoms with Gasteiger partial charge in [-0.05, 0) is 70.8 Å². The van der Waals surface area contributed by atoms with Crippen LogP contribution in [-0.2, 0) is 0 Å². The van der Waals surface area contributed by atoms with Gasteiger partial charge in [-0.3, -0.25) is 0 Å². The summed E-state index contributed by atoms with van der Waals surface area (Å²) in [5.41, 5.74) is 14.4. The van der Waals surface area contributed by atoms with Gasteiger partial charge in [-0.2, -0.15) is 0 Å². The highest BCUT2D eigenvalue weighted by atomic mass is 15.0. The topological polar surface area (TPSA) is 9.86 Å². The first-order valence-electron chi connectivity index (χ1n) is 17.2. The number of nitrogens with zero attached hydrogens (tertiary/aromatic N) is 2. The van der Waals surface area contributed by atoms with Crippen LogP contribution in [-0.4, -0.2) is 9.13 Å². The molecular formula is C48H32N2. The van der Waals surface area contributed by atoms with Crippen LogP contribution in [0.1, 0.15) is 0 Å². The summed E-state index contributed by atoms with van der Waals surface area (Å²) in [5, 5.41) is 5.00. The first kappa shape index (κ1) is 28.4. The smallest absolute Gasteiger partial charge is 0.0541 e. The molecule has 50 heavy (non-hydrogen) atoms. The van der Waals surface area contributed by atoms with Crippen LogP contribution in [0.25, 0.3) is 88.4 Å². The summed E-state index contributed by atoms with van der Waals surface area (Å²) in [6, 6.07) is 70.4. The van der Waals surface area contributed by atoms with Crippen molar-refractivity contribution in [2.75, 3.05) is 0 Å². The molecule has 0 N–H and O–H groups in total. The highest BCUT2D eigenvalue weighted by Gasteiger charge is 2.20. The molecule has 0 aliphatic rings. The first-order valence-corrected chi connectivity index (χ1v) is 17.2. The van der Waals surface area contributed by atoms with Crippen molar-refractivity contribution in [2.24, 2.45) is 0 Å². The van der Waals surface area contributed by atoms with E-state index in [-0.39, 0.29) is 0 Å². The first-order chi connectivity index (χ1) is 24.8. The van der Waals surface area contributed by atoms with Crippen LogP contribution >= 0.6 is 0 Å². The minimum Gasteiger partial charge on any atom is -0.309 e. The van der Waals surface area contributed by atoms with Gasteiger partial charge in [-0.1, -0.05) is 146 Å². The molecule has 0 amide bonds. The van der Waals surface area contributed by atoms with Gasteiger partial charge in [0.05, 0.1) is 33.4 Å². The van der Waals surface area contributed by atoms with Gasteiger partial charge in [0.25, 0.3) is 0 Å². The monoisotopic (exact) mass is 636 g/mol. The molecule has 0 saturated heterocycles. The van der Waals surface area contributed by atoms with Gasteiger partial charge in [0, 0.05) is 32.7 Å². The summed E-state index contributed by atoms with van der Waals surface area (Å²) in [6.07, 6.45) is 0. The van der Waals surface area contributed by atoms with Crippen LogP contribution in [0.3, 0.4) is 0 Å². The fraction of sp³-hybridized carbons (Fsp3) is 0. The second kappa shape index (κ2) is 11.5. The quantitative estimate of drug-likeness (QED) is 0.178. The van der Waals surface area contributed by atoms with Crippen LogP contribution in [0.15, 0.2) is 194 Å². The van der Waals surface area contributed by atoms with Crippen LogP contribution < -0.4 is 0 Å². The highest BCUT2D eigenvalue weighted by molar-refractivity contribution is 6.12. The van der Waals surface area contributed by atoms with E-state index in [1.54, 1.807) is 0 Å². The molecule has 2 aromatic heterocycles. The number of rotatable bonds is 5. The van der Waals surface area contributed by atoms with Gasteiger partial charge in [0.2, 0.25) is 0 Å². The summed E-state index contributed by atoms with van der Waals surface area (Å²) in [6.45, 7) is 0. The summed E-state index contributed by atoms with van der Waals surface area (Å²) >= 11 is 0. The molecule has 234 valence electrons. The third-order valence-corrected chi connectivity index (χ3v) is 10.1. The van der Waals surface area contributed by atoms with E-state index in [4.69, 9.17) is 0 Å².